The van der Waals surface area contributed by atoms with Crippen LogP contribution in [0.4, 0.5) is 4.39 Å². The van der Waals surface area contributed by atoms with E-state index in [-0.39, 0.29) is 17.3 Å². The number of Topliss-reactive ketones (excluding diaryl/α,β-unsaturated/α-hetero) is 1. The summed E-state index contributed by atoms with van der Waals surface area (Å²) >= 11 is 0. The van der Waals surface area contributed by atoms with E-state index in [4.69, 9.17) is 4.74 Å². The van der Waals surface area contributed by atoms with Crippen molar-refractivity contribution in [3.05, 3.63) is 29.6 Å². The van der Waals surface area contributed by atoms with Gasteiger partial charge in [0.2, 0.25) is 0 Å². The molecule has 1 aromatic carbocycles. The Morgan fingerprint density at radius 3 is 2.56 bits per heavy atom. The third kappa shape index (κ3) is 2.60. The maximum Gasteiger partial charge on any atom is 0.168 e. The van der Waals surface area contributed by atoms with E-state index < -0.39 is 5.41 Å². The smallest absolute Gasteiger partial charge is 0.168 e. The maximum atomic E-state index is 14.0. The van der Waals surface area contributed by atoms with Gasteiger partial charge in [0.05, 0.1) is 7.11 Å². The topological polar surface area (TPSA) is 26.3 Å². The first-order valence-electron chi connectivity index (χ1n) is 5.21. The highest BCUT2D eigenvalue weighted by Crippen LogP contribution is 2.33. The lowest BCUT2D eigenvalue weighted by atomic mass is 9.80. The van der Waals surface area contributed by atoms with Gasteiger partial charge in [-0.15, -0.1) is 0 Å². The Morgan fingerprint density at radius 2 is 2.06 bits per heavy atom. The molecule has 0 atom stereocenters. The number of methoxy groups -OCH3 is 1. The minimum absolute atomic E-state index is 0.0484. The van der Waals surface area contributed by atoms with Crippen LogP contribution >= 0.6 is 0 Å². The van der Waals surface area contributed by atoms with Crippen LogP contribution in [-0.4, -0.2) is 12.9 Å². The molecule has 0 aliphatic heterocycles. The van der Waals surface area contributed by atoms with Crippen LogP contribution in [0, 0.1) is 5.82 Å². The summed E-state index contributed by atoms with van der Waals surface area (Å²) in [6.45, 7) is 5.22. The van der Waals surface area contributed by atoms with Crippen LogP contribution in [0.1, 0.15) is 32.8 Å². The van der Waals surface area contributed by atoms with Crippen LogP contribution in [-0.2, 0) is 10.2 Å². The molecule has 2 nitrogen and oxygen atoms in total. The molecule has 0 saturated heterocycles. The molecule has 0 heterocycles. The fraction of sp³-hybridized carbons (Fsp3) is 0.462. The Kier molecular flexibility index (Phi) is 3.68. The molecule has 0 aromatic heterocycles. The molecule has 0 spiro atoms. The van der Waals surface area contributed by atoms with Gasteiger partial charge < -0.3 is 4.74 Å². The summed E-state index contributed by atoms with van der Waals surface area (Å²) in [5.74, 6) is -0.113. The van der Waals surface area contributed by atoms with E-state index in [1.807, 2.05) is 13.8 Å². The van der Waals surface area contributed by atoms with Crippen LogP contribution in [0.3, 0.4) is 0 Å². The van der Waals surface area contributed by atoms with Crippen molar-refractivity contribution in [3.8, 4) is 5.75 Å². The van der Waals surface area contributed by atoms with Crippen LogP contribution in [0.15, 0.2) is 18.2 Å². The molecule has 0 fully saturated rings. The van der Waals surface area contributed by atoms with Crippen LogP contribution in [0.5, 0.6) is 5.75 Å². The minimum atomic E-state index is -0.509. The highest BCUT2D eigenvalue weighted by Gasteiger charge is 2.27. The fourth-order valence-electron chi connectivity index (χ4n) is 1.91. The van der Waals surface area contributed by atoms with Gasteiger partial charge in [0.1, 0.15) is 5.78 Å². The first-order valence-corrected chi connectivity index (χ1v) is 5.21. The van der Waals surface area contributed by atoms with Crippen molar-refractivity contribution in [3.63, 3.8) is 0 Å². The summed E-state index contributed by atoms with van der Waals surface area (Å²) in [6, 6.07) is 5.00. The summed E-state index contributed by atoms with van der Waals surface area (Å²) < 4.78 is 18.9. The summed E-state index contributed by atoms with van der Waals surface area (Å²) in [4.78, 5) is 11.1. The van der Waals surface area contributed by atoms with Crippen LogP contribution < -0.4 is 4.74 Å². The molecule has 0 saturated carbocycles. The molecule has 0 aliphatic carbocycles. The lowest BCUT2D eigenvalue weighted by Gasteiger charge is -2.25. The van der Waals surface area contributed by atoms with Gasteiger partial charge in [-0.1, -0.05) is 26.0 Å². The molecular weight excluding hydrogens is 207 g/mol. The first-order chi connectivity index (χ1) is 7.38. The second-order valence-corrected chi connectivity index (χ2v) is 4.58. The number of rotatable bonds is 4. The molecular formula is C13H17FO2. The molecule has 3 heteroatoms. The van der Waals surface area contributed by atoms with E-state index in [1.165, 1.54) is 14.0 Å². The number of carbonyl (C=O) groups excluding carboxylic acids is 1. The second-order valence-electron chi connectivity index (χ2n) is 4.58. The van der Waals surface area contributed by atoms with Gasteiger partial charge in [0.15, 0.2) is 11.6 Å². The normalized spacial score (nSPS) is 11.3. The predicted molar refractivity (Wildman–Crippen MR) is 61.3 cm³/mol. The minimum Gasteiger partial charge on any atom is -0.494 e. The molecule has 0 amide bonds. The Morgan fingerprint density at radius 1 is 1.44 bits per heavy atom. The second kappa shape index (κ2) is 4.64. The number of ether oxygens (including phenoxy) is 1. The quantitative estimate of drug-likeness (QED) is 0.785. The zero-order valence-electron chi connectivity index (χ0n) is 10.1. The standard InChI is InChI=1S/C13H17FO2/c1-9(15)8-13(2,3)10-6-5-7-11(16-4)12(10)14/h5-7H,8H2,1-4H3. The van der Waals surface area contributed by atoms with Gasteiger partial charge in [0.25, 0.3) is 0 Å². The Labute approximate surface area is 95.4 Å². The molecule has 0 unspecified atom stereocenters. The van der Waals surface area contributed by atoms with Crippen molar-refractivity contribution in [2.75, 3.05) is 7.11 Å². The largest absolute Gasteiger partial charge is 0.494 e. The van der Waals surface area contributed by atoms with Crippen molar-refractivity contribution >= 4 is 5.78 Å². The lowest BCUT2D eigenvalue weighted by molar-refractivity contribution is -0.118. The van der Waals surface area contributed by atoms with E-state index in [9.17, 15) is 9.18 Å². The van der Waals surface area contributed by atoms with Crippen molar-refractivity contribution in [2.45, 2.75) is 32.6 Å². The van der Waals surface area contributed by atoms with Gasteiger partial charge in [-0.05, 0) is 24.0 Å². The maximum absolute atomic E-state index is 14.0. The van der Waals surface area contributed by atoms with E-state index in [0.717, 1.165) is 0 Å². The molecule has 0 bridgehead atoms. The number of ketones is 1. The number of hydrogen-bond donors (Lipinski definition) is 0. The summed E-state index contributed by atoms with van der Waals surface area (Å²) in [6.07, 6.45) is 0.317. The van der Waals surface area contributed by atoms with E-state index in [0.29, 0.717) is 12.0 Å². The van der Waals surface area contributed by atoms with E-state index in [1.54, 1.807) is 18.2 Å². The molecule has 0 N–H and O–H groups in total. The Balaban J connectivity index is 3.17. The number of hydrogen-bond acceptors (Lipinski definition) is 2. The summed E-state index contributed by atoms with van der Waals surface area (Å²) in [7, 11) is 1.43. The molecule has 88 valence electrons. The average Bonchev–Trinajstić information content (AvgIpc) is 2.15. The predicted octanol–water partition coefficient (Wildman–Crippen LogP) is 3.09. The van der Waals surface area contributed by atoms with Gasteiger partial charge >= 0.3 is 0 Å². The highest BCUT2D eigenvalue weighted by atomic mass is 19.1. The number of benzene rings is 1. The molecule has 16 heavy (non-hydrogen) atoms. The van der Waals surface area contributed by atoms with Gasteiger partial charge in [-0.2, -0.15) is 0 Å². The lowest BCUT2D eigenvalue weighted by Crippen LogP contribution is -2.22. The SMILES string of the molecule is COc1cccc(C(C)(C)CC(C)=O)c1F. The van der Waals surface area contributed by atoms with Gasteiger partial charge in [0, 0.05) is 6.42 Å². The van der Waals surface area contributed by atoms with Crippen molar-refractivity contribution in [1.29, 1.82) is 0 Å². The molecule has 1 rings (SSSR count). The van der Waals surface area contributed by atoms with E-state index in [2.05, 4.69) is 0 Å². The number of halogens is 1. The fourth-order valence-corrected chi connectivity index (χ4v) is 1.91. The van der Waals surface area contributed by atoms with E-state index >= 15 is 0 Å². The molecule has 1 aromatic rings. The molecule has 0 radical (unpaired) electrons. The zero-order valence-corrected chi connectivity index (χ0v) is 10.1. The number of carbonyl (C=O) groups is 1. The monoisotopic (exact) mass is 224 g/mol. The zero-order chi connectivity index (χ0) is 12.3. The van der Waals surface area contributed by atoms with Gasteiger partial charge in [-0.25, -0.2) is 4.39 Å². The summed E-state index contributed by atoms with van der Waals surface area (Å²) in [5.41, 5.74) is 0.00632. The van der Waals surface area contributed by atoms with Crippen LogP contribution in [0.25, 0.3) is 0 Å². The van der Waals surface area contributed by atoms with Crippen molar-refractivity contribution in [2.24, 2.45) is 0 Å². The summed E-state index contributed by atoms with van der Waals surface area (Å²) in [5, 5.41) is 0. The third-order valence-corrected chi connectivity index (χ3v) is 2.60. The Hall–Kier alpha value is -1.38. The van der Waals surface area contributed by atoms with Crippen molar-refractivity contribution in [1.82, 2.24) is 0 Å². The third-order valence-electron chi connectivity index (χ3n) is 2.60. The Bertz CT molecular complexity index is 397. The first kappa shape index (κ1) is 12.7. The van der Waals surface area contributed by atoms with Crippen molar-refractivity contribution < 1.29 is 13.9 Å². The van der Waals surface area contributed by atoms with Gasteiger partial charge in [-0.3, -0.25) is 4.79 Å². The average molecular weight is 224 g/mol. The highest BCUT2D eigenvalue weighted by molar-refractivity contribution is 5.77. The molecule has 0 aliphatic rings. The van der Waals surface area contributed by atoms with Crippen LogP contribution in [0.2, 0.25) is 0 Å².